The van der Waals surface area contributed by atoms with Crippen LogP contribution in [0.3, 0.4) is 0 Å². The van der Waals surface area contributed by atoms with E-state index in [-0.39, 0.29) is 18.4 Å². The van der Waals surface area contributed by atoms with Gasteiger partial charge in [0.05, 0.1) is 5.56 Å². The van der Waals surface area contributed by atoms with Gasteiger partial charge in [-0.2, -0.15) is 13.2 Å². The Hall–Kier alpha value is -0.740. The molecule has 1 nitrogen and oxygen atoms in total. The molecule has 0 aliphatic rings. The maximum atomic E-state index is 12.4. The summed E-state index contributed by atoms with van der Waals surface area (Å²) < 4.78 is 37.1. The number of nitrogens with two attached hydrogens (primary N) is 1. The minimum Gasteiger partial charge on any atom is -0.324 e. The molecule has 15 heavy (non-hydrogen) atoms. The summed E-state index contributed by atoms with van der Waals surface area (Å²) >= 11 is 0. The summed E-state index contributed by atoms with van der Waals surface area (Å²) in [6, 6.07) is 3.50. The lowest BCUT2D eigenvalue weighted by molar-refractivity contribution is -0.137. The van der Waals surface area contributed by atoms with E-state index >= 15 is 0 Å². The molecule has 0 aliphatic heterocycles. The van der Waals surface area contributed by atoms with Crippen molar-refractivity contribution in [1.82, 2.24) is 0 Å². The van der Waals surface area contributed by atoms with Gasteiger partial charge in [0.15, 0.2) is 0 Å². The second-order valence-electron chi connectivity index (χ2n) is 3.42. The summed E-state index contributed by atoms with van der Waals surface area (Å²) in [5.74, 6) is 0. The number of hydrogen-bond acceptors (Lipinski definition) is 1. The largest absolute Gasteiger partial charge is 0.416 e. The Balaban J connectivity index is 0.00000196. The third-order valence-corrected chi connectivity index (χ3v) is 1.95. The SMILES string of the molecule is Cc1cc([C@@H](C)N)cc(C(F)(F)F)c1.Cl. The quantitative estimate of drug-likeness (QED) is 0.798. The van der Waals surface area contributed by atoms with Crippen molar-refractivity contribution in [2.75, 3.05) is 0 Å². The topological polar surface area (TPSA) is 26.0 Å². The number of benzene rings is 1. The van der Waals surface area contributed by atoms with Crippen molar-refractivity contribution in [3.05, 3.63) is 34.9 Å². The van der Waals surface area contributed by atoms with Crippen molar-refractivity contribution >= 4 is 12.4 Å². The molecule has 0 heterocycles. The minimum atomic E-state index is -4.30. The number of halogens is 4. The maximum Gasteiger partial charge on any atom is 0.416 e. The van der Waals surface area contributed by atoms with E-state index < -0.39 is 11.7 Å². The van der Waals surface area contributed by atoms with Crippen molar-refractivity contribution in [2.45, 2.75) is 26.1 Å². The Morgan fingerprint density at radius 1 is 1.20 bits per heavy atom. The number of aryl methyl sites for hydroxylation is 1. The summed E-state index contributed by atoms with van der Waals surface area (Å²) in [6.45, 7) is 3.29. The van der Waals surface area contributed by atoms with Gasteiger partial charge < -0.3 is 5.73 Å². The van der Waals surface area contributed by atoms with E-state index in [1.54, 1.807) is 19.9 Å². The standard InChI is InChI=1S/C10H12F3N.ClH/c1-6-3-8(7(2)14)5-9(4-6)10(11,12)13;/h3-5,7H,14H2,1-2H3;1H/t7-;/m1./s1. The second-order valence-corrected chi connectivity index (χ2v) is 3.42. The van der Waals surface area contributed by atoms with Crippen LogP contribution in [0.2, 0.25) is 0 Å². The van der Waals surface area contributed by atoms with Gasteiger partial charge in [0, 0.05) is 6.04 Å². The second kappa shape index (κ2) is 4.86. The lowest BCUT2D eigenvalue weighted by atomic mass is 10.0. The molecule has 86 valence electrons. The highest BCUT2D eigenvalue weighted by molar-refractivity contribution is 5.85. The molecule has 0 saturated carbocycles. The molecule has 1 rings (SSSR count). The molecule has 0 bridgehead atoms. The van der Waals surface area contributed by atoms with E-state index in [9.17, 15) is 13.2 Å². The van der Waals surface area contributed by atoms with Crippen LogP contribution in [0.5, 0.6) is 0 Å². The highest BCUT2D eigenvalue weighted by Gasteiger charge is 2.30. The molecule has 1 aromatic rings. The van der Waals surface area contributed by atoms with Gasteiger partial charge in [0.1, 0.15) is 0 Å². The van der Waals surface area contributed by atoms with Gasteiger partial charge in [-0.25, -0.2) is 0 Å². The van der Waals surface area contributed by atoms with Crippen molar-refractivity contribution in [1.29, 1.82) is 0 Å². The van der Waals surface area contributed by atoms with Gasteiger partial charge in [-0.05, 0) is 31.5 Å². The molecule has 0 amide bonds. The Morgan fingerprint density at radius 3 is 2.13 bits per heavy atom. The van der Waals surface area contributed by atoms with Gasteiger partial charge >= 0.3 is 6.18 Å². The monoisotopic (exact) mass is 239 g/mol. The van der Waals surface area contributed by atoms with Crippen LogP contribution < -0.4 is 5.73 Å². The first-order valence-electron chi connectivity index (χ1n) is 4.25. The molecule has 2 N–H and O–H groups in total. The predicted octanol–water partition coefficient (Wildman–Crippen LogP) is 3.46. The fourth-order valence-electron chi connectivity index (χ4n) is 1.24. The molecular weight excluding hydrogens is 227 g/mol. The van der Waals surface area contributed by atoms with Crippen LogP contribution in [-0.2, 0) is 6.18 Å². The van der Waals surface area contributed by atoms with E-state index in [1.807, 2.05) is 0 Å². The predicted molar refractivity (Wildman–Crippen MR) is 56.0 cm³/mol. The minimum absolute atomic E-state index is 0. The summed E-state index contributed by atoms with van der Waals surface area (Å²) in [5, 5.41) is 0. The molecule has 1 aromatic carbocycles. The number of alkyl halides is 3. The first kappa shape index (κ1) is 14.3. The smallest absolute Gasteiger partial charge is 0.324 e. The van der Waals surface area contributed by atoms with Crippen molar-refractivity contribution in [3.8, 4) is 0 Å². The molecule has 0 spiro atoms. The molecule has 0 radical (unpaired) electrons. The normalized spacial score (nSPS) is 13.2. The summed E-state index contributed by atoms with van der Waals surface area (Å²) in [4.78, 5) is 0. The van der Waals surface area contributed by atoms with Gasteiger partial charge in [-0.3, -0.25) is 0 Å². The van der Waals surface area contributed by atoms with Crippen LogP contribution in [0, 0.1) is 6.92 Å². The van der Waals surface area contributed by atoms with Crippen molar-refractivity contribution in [2.24, 2.45) is 5.73 Å². The van der Waals surface area contributed by atoms with E-state index in [4.69, 9.17) is 5.73 Å². The van der Waals surface area contributed by atoms with E-state index in [1.165, 1.54) is 0 Å². The highest BCUT2D eigenvalue weighted by atomic mass is 35.5. The lowest BCUT2D eigenvalue weighted by Gasteiger charge is -2.12. The molecule has 0 unspecified atom stereocenters. The average molecular weight is 240 g/mol. The number of rotatable bonds is 1. The van der Waals surface area contributed by atoms with Crippen LogP contribution in [-0.4, -0.2) is 0 Å². The molecule has 0 aromatic heterocycles. The third kappa shape index (κ3) is 3.72. The van der Waals surface area contributed by atoms with E-state index in [0.717, 1.165) is 12.1 Å². The molecule has 0 fully saturated rings. The average Bonchev–Trinajstić information content (AvgIpc) is 2.01. The zero-order valence-corrected chi connectivity index (χ0v) is 9.25. The van der Waals surface area contributed by atoms with Crippen LogP contribution >= 0.6 is 12.4 Å². The van der Waals surface area contributed by atoms with Crippen LogP contribution in [0.4, 0.5) is 13.2 Å². The van der Waals surface area contributed by atoms with Gasteiger partial charge in [0.2, 0.25) is 0 Å². The Kier molecular flexibility index (Phi) is 4.62. The zero-order chi connectivity index (χ0) is 10.9. The van der Waals surface area contributed by atoms with E-state index in [0.29, 0.717) is 11.1 Å². The lowest BCUT2D eigenvalue weighted by Crippen LogP contribution is -2.10. The van der Waals surface area contributed by atoms with Gasteiger partial charge in [-0.15, -0.1) is 12.4 Å². The maximum absolute atomic E-state index is 12.4. The fourth-order valence-corrected chi connectivity index (χ4v) is 1.24. The van der Waals surface area contributed by atoms with Crippen LogP contribution in [0.25, 0.3) is 0 Å². The van der Waals surface area contributed by atoms with E-state index in [2.05, 4.69) is 0 Å². The number of hydrogen-bond donors (Lipinski definition) is 1. The fraction of sp³-hybridized carbons (Fsp3) is 0.400. The van der Waals surface area contributed by atoms with Crippen molar-refractivity contribution in [3.63, 3.8) is 0 Å². The first-order valence-corrected chi connectivity index (χ1v) is 4.25. The summed E-state index contributed by atoms with van der Waals surface area (Å²) in [7, 11) is 0. The van der Waals surface area contributed by atoms with Gasteiger partial charge in [0.25, 0.3) is 0 Å². The van der Waals surface area contributed by atoms with Gasteiger partial charge in [-0.1, -0.05) is 11.6 Å². The zero-order valence-electron chi connectivity index (χ0n) is 8.43. The molecule has 1 atom stereocenters. The first-order chi connectivity index (χ1) is 6.30. The Morgan fingerprint density at radius 2 is 1.73 bits per heavy atom. The molecular formula is C10H13ClF3N. The Labute approximate surface area is 92.9 Å². The molecule has 5 heteroatoms. The van der Waals surface area contributed by atoms with Crippen molar-refractivity contribution < 1.29 is 13.2 Å². The summed E-state index contributed by atoms with van der Waals surface area (Å²) in [6.07, 6.45) is -4.30. The molecule has 0 saturated heterocycles. The highest BCUT2D eigenvalue weighted by Crippen LogP contribution is 2.31. The third-order valence-electron chi connectivity index (χ3n) is 1.95. The van der Waals surface area contributed by atoms with Crippen LogP contribution in [0.1, 0.15) is 29.7 Å². The Bertz CT molecular complexity index is 334. The summed E-state index contributed by atoms with van der Waals surface area (Å²) in [5.41, 5.74) is 5.98. The molecule has 0 aliphatic carbocycles. The van der Waals surface area contributed by atoms with Crippen LogP contribution in [0.15, 0.2) is 18.2 Å².